The van der Waals surface area contributed by atoms with Crippen molar-refractivity contribution < 1.29 is 14.4 Å². The maximum atomic E-state index is 11.0. The Balaban J connectivity index is 0.000000153. The zero-order valence-electron chi connectivity index (χ0n) is 19.3. The zero-order valence-corrected chi connectivity index (χ0v) is 19.3. The third kappa shape index (κ3) is 4.20. The first-order valence-corrected chi connectivity index (χ1v) is 11.5. The Labute approximate surface area is 199 Å². The molecule has 0 radical (unpaired) electrons. The van der Waals surface area contributed by atoms with Gasteiger partial charge in [-0.15, -0.1) is 0 Å². The van der Waals surface area contributed by atoms with Gasteiger partial charge in [-0.05, 0) is 71.8 Å². The summed E-state index contributed by atoms with van der Waals surface area (Å²) >= 11 is 0. The second-order valence-corrected chi connectivity index (χ2v) is 8.79. The molecule has 2 aromatic carbocycles. The maximum Gasteiger partial charge on any atom is 0.171 e. The second-order valence-electron chi connectivity index (χ2n) is 8.79. The molecular weight excluding hydrogens is 428 g/mol. The van der Waals surface area contributed by atoms with Gasteiger partial charge in [0, 0.05) is 23.9 Å². The van der Waals surface area contributed by atoms with Crippen LogP contribution in [-0.2, 0) is 16.1 Å². The smallest absolute Gasteiger partial charge is 0.171 e. The SMILES string of the molecule is CNCc1ccc(/C(N)=N/OC)cn1.O=Cc1ccc2c(c1)[C@@H]1O[C@H]2c2ccc(C3CC3)cc21. The van der Waals surface area contributed by atoms with Crippen molar-refractivity contribution in [2.45, 2.75) is 37.5 Å². The van der Waals surface area contributed by atoms with Crippen molar-refractivity contribution in [3.05, 3.63) is 99.4 Å². The Morgan fingerprint density at radius 3 is 2.50 bits per heavy atom. The number of amidine groups is 1. The van der Waals surface area contributed by atoms with E-state index in [-0.39, 0.29) is 12.2 Å². The molecule has 2 bridgehead atoms. The third-order valence-corrected chi connectivity index (χ3v) is 6.48. The van der Waals surface area contributed by atoms with Crippen molar-refractivity contribution >= 4 is 12.1 Å². The molecule has 2 atom stereocenters. The number of benzene rings is 2. The molecule has 0 amide bonds. The maximum absolute atomic E-state index is 11.0. The number of rotatable bonds is 6. The number of ether oxygens (including phenoxy) is 1. The highest BCUT2D eigenvalue weighted by Gasteiger charge is 2.43. The summed E-state index contributed by atoms with van der Waals surface area (Å²) in [5, 5.41) is 6.62. The van der Waals surface area contributed by atoms with E-state index in [1.54, 1.807) is 6.20 Å². The van der Waals surface area contributed by atoms with Gasteiger partial charge in [0.15, 0.2) is 5.84 Å². The minimum atomic E-state index is 0.0311. The molecule has 7 heteroatoms. The molecule has 6 rings (SSSR count). The van der Waals surface area contributed by atoms with Crippen molar-refractivity contribution in [3.63, 3.8) is 0 Å². The predicted molar refractivity (Wildman–Crippen MR) is 130 cm³/mol. The van der Waals surface area contributed by atoms with E-state index in [0.717, 1.165) is 35.6 Å². The highest BCUT2D eigenvalue weighted by Crippen LogP contribution is 2.55. The number of nitrogens with two attached hydrogens (primary N) is 1. The number of nitrogens with one attached hydrogen (secondary N) is 1. The van der Waals surface area contributed by atoms with Gasteiger partial charge in [0.05, 0.1) is 5.69 Å². The van der Waals surface area contributed by atoms with Gasteiger partial charge in [-0.3, -0.25) is 9.78 Å². The highest BCUT2D eigenvalue weighted by atomic mass is 16.6. The fourth-order valence-electron chi connectivity index (χ4n) is 4.64. The molecule has 3 N–H and O–H groups in total. The number of nitrogens with zero attached hydrogens (tertiary/aromatic N) is 2. The lowest BCUT2D eigenvalue weighted by molar-refractivity contribution is 0.0857. The van der Waals surface area contributed by atoms with Crippen LogP contribution < -0.4 is 11.1 Å². The Hall–Kier alpha value is -3.55. The summed E-state index contributed by atoms with van der Waals surface area (Å²) in [5.41, 5.74) is 14.5. The van der Waals surface area contributed by atoms with E-state index in [1.807, 2.05) is 37.4 Å². The molecule has 0 unspecified atom stereocenters. The van der Waals surface area contributed by atoms with Crippen LogP contribution >= 0.6 is 0 Å². The topological polar surface area (TPSA) is 98.8 Å². The predicted octanol–water partition coefficient (Wildman–Crippen LogP) is 3.97. The van der Waals surface area contributed by atoms with Crippen molar-refractivity contribution in [2.24, 2.45) is 10.9 Å². The minimum Gasteiger partial charge on any atom is -0.397 e. The number of hydrogen-bond acceptors (Lipinski definition) is 6. The van der Waals surface area contributed by atoms with Crippen LogP contribution in [-0.4, -0.2) is 31.3 Å². The Morgan fingerprint density at radius 1 is 1.12 bits per heavy atom. The Kier molecular flexibility index (Phi) is 6.13. The number of pyridine rings is 1. The molecule has 3 aliphatic rings. The van der Waals surface area contributed by atoms with Crippen LogP contribution in [0.4, 0.5) is 0 Å². The largest absolute Gasteiger partial charge is 0.397 e. The molecule has 7 nitrogen and oxygen atoms in total. The number of oxime groups is 1. The average molecular weight is 457 g/mol. The molecule has 2 aliphatic heterocycles. The number of aromatic nitrogens is 1. The highest BCUT2D eigenvalue weighted by molar-refractivity contribution is 5.96. The lowest BCUT2D eigenvalue weighted by atomic mass is 9.84. The molecule has 1 aromatic heterocycles. The monoisotopic (exact) mass is 456 g/mol. The van der Waals surface area contributed by atoms with E-state index in [4.69, 9.17) is 10.5 Å². The fourth-order valence-corrected chi connectivity index (χ4v) is 4.64. The van der Waals surface area contributed by atoms with E-state index in [1.165, 1.54) is 47.8 Å². The molecule has 34 heavy (non-hydrogen) atoms. The molecule has 3 aromatic rings. The van der Waals surface area contributed by atoms with E-state index >= 15 is 0 Å². The van der Waals surface area contributed by atoms with Crippen molar-refractivity contribution in [2.75, 3.05) is 14.2 Å². The third-order valence-electron chi connectivity index (χ3n) is 6.48. The summed E-state index contributed by atoms with van der Waals surface area (Å²) < 4.78 is 6.15. The number of hydrogen-bond donors (Lipinski definition) is 2. The average Bonchev–Trinajstić information content (AvgIpc) is 3.57. The van der Waals surface area contributed by atoms with Gasteiger partial charge in [0.1, 0.15) is 25.6 Å². The summed E-state index contributed by atoms with van der Waals surface area (Å²) in [6.07, 6.45) is 5.32. The fraction of sp³-hybridized carbons (Fsp3) is 0.296. The van der Waals surface area contributed by atoms with Gasteiger partial charge in [0.2, 0.25) is 0 Å². The summed E-state index contributed by atoms with van der Waals surface area (Å²) in [6, 6.07) is 16.5. The first kappa shape index (κ1) is 22.3. The molecule has 1 aliphatic carbocycles. The molecule has 174 valence electrons. The molecule has 0 spiro atoms. The van der Waals surface area contributed by atoms with Crippen LogP contribution in [0.15, 0.2) is 59.9 Å². The van der Waals surface area contributed by atoms with E-state index in [2.05, 4.69) is 38.5 Å². The van der Waals surface area contributed by atoms with E-state index < -0.39 is 0 Å². The van der Waals surface area contributed by atoms with Crippen LogP contribution in [0.3, 0.4) is 0 Å². The number of fused-ring (bicyclic) bond motifs is 8. The second kappa shape index (κ2) is 9.37. The van der Waals surface area contributed by atoms with Gasteiger partial charge < -0.3 is 20.6 Å². The standard InChI is InChI=1S/C18H14O2.C9H14N4O/c19-9-10-1-5-13-15(7-10)18-16-8-12(11-2-3-11)4-6-14(16)17(13)20-18;1-11-6-8-4-3-7(5-12-8)9(10)13-14-2/h1,4-9,11,17-18H,2-3H2;3-5,11H,6H2,1-2H3,(H2,10,13)/t17-,18+;/m1./s1. The van der Waals surface area contributed by atoms with Gasteiger partial charge in [-0.2, -0.15) is 0 Å². The van der Waals surface area contributed by atoms with Crippen molar-refractivity contribution in [1.82, 2.24) is 10.3 Å². The number of aldehydes is 1. The Morgan fingerprint density at radius 2 is 1.85 bits per heavy atom. The number of carbonyl (C=O) groups excluding carboxylic acids is 1. The zero-order chi connectivity index (χ0) is 23.7. The van der Waals surface area contributed by atoms with Crippen molar-refractivity contribution in [3.8, 4) is 0 Å². The molecule has 3 heterocycles. The lowest BCUT2D eigenvalue weighted by Crippen LogP contribution is -2.14. The minimum absolute atomic E-state index is 0.0311. The van der Waals surface area contributed by atoms with E-state index in [0.29, 0.717) is 5.84 Å². The van der Waals surface area contributed by atoms with Gasteiger partial charge in [-0.1, -0.05) is 35.5 Å². The Bertz CT molecular complexity index is 1240. The normalized spacial score (nSPS) is 19.6. The molecule has 1 fully saturated rings. The summed E-state index contributed by atoms with van der Waals surface area (Å²) in [7, 11) is 3.33. The quantitative estimate of drug-likeness (QED) is 0.252. The molecule has 1 saturated carbocycles. The van der Waals surface area contributed by atoms with Gasteiger partial charge in [-0.25, -0.2) is 0 Å². The van der Waals surface area contributed by atoms with Gasteiger partial charge >= 0.3 is 0 Å². The lowest BCUT2D eigenvalue weighted by Gasteiger charge is -2.17. The summed E-state index contributed by atoms with van der Waals surface area (Å²) in [6.45, 7) is 0.738. The van der Waals surface area contributed by atoms with Gasteiger partial charge in [0.25, 0.3) is 0 Å². The molecule has 0 saturated heterocycles. The molecular formula is C27H28N4O3. The first-order chi connectivity index (χ1) is 16.6. The van der Waals surface area contributed by atoms with Crippen LogP contribution in [0.25, 0.3) is 0 Å². The van der Waals surface area contributed by atoms with Crippen LogP contribution in [0.1, 0.15) is 80.4 Å². The number of carbonyl (C=O) groups is 1. The van der Waals surface area contributed by atoms with Crippen LogP contribution in [0, 0.1) is 0 Å². The van der Waals surface area contributed by atoms with Crippen LogP contribution in [0.2, 0.25) is 0 Å². The summed E-state index contributed by atoms with van der Waals surface area (Å²) in [5.74, 6) is 1.09. The van der Waals surface area contributed by atoms with Crippen molar-refractivity contribution in [1.29, 1.82) is 0 Å². The van der Waals surface area contributed by atoms with E-state index in [9.17, 15) is 4.79 Å². The van der Waals surface area contributed by atoms with Crippen LogP contribution in [0.5, 0.6) is 0 Å². The first-order valence-electron chi connectivity index (χ1n) is 11.5. The summed E-state index contributed by atoms with van der Waals surface area (Å²) in [4.78, 5) is 19.7.